The lowest BCUT2D eigenvalue weighted by molar-refractivity contribution is -0.130. The number of piperazine rings is 1. The number of amides is 1. The lowest BCUT2D eigenvalue weighted by Crippen LogP contribution is -2.53. The SMILES string of the molecule is CSC(N)=Nc1cc(Cl)ccc1/C=C/C(=O)N1CCN(Cc2ccc(F)cc2)CC1C. The standard InChI is InChI=1S/C23H26ClFN4OS/c1-16-14-28(15-17-3-8-20(25)9-4-17)11-12-29(16)22(30)10-6-18-5-7-19(24)13-21(18)27-23(26)31-2/h3-10,13,16H,11-12,14-15H2,1-2H3,(H2,26,27)/b10-6+. The van der Waals surface area contributed by atoms with E-state index >= 15 is 0 Å². The molecule has 2 N–H and O–H groups in total. The molecule has 1 aliphatic rings. The highest BCUT2D eigenvalue weighted by atomic mass is 35.5. The third-order valence-electron chi connectivity index (χ3n) is 5.15. The Labute approximate surface area is 191 Å². The van der Waals surface area contributed by atoms with E-state index in [2.05, 4.69) is 9.89 Å². The van der Waals surface area contributed by atoms with Crippen LogP contribution >= 0.6 is 23.4 Å². The van der Waals surface area contributed by atoms with E-state index in [1.54, 1.807) is 36.4 Å². The molecule has 0 radical (unpaired) electrons. The van der Waals surface area contributed by atoms with Crippen molar-refractivity contribution < 1.29 is 9.18 Å². The van der Waals surface area contributed by atoms with Crippen LogP contribution in [0.15, 0.2) is 53.5 Å². The summed E-state index contributed by atoms with van der Waals surface area (Å²) in [6.45, 7) is 4.95. The number of carbonyl (C=O) groups excluding carboxylic acids is 1. The molecule has 2 aromatic rings. The van der Waals surface area contributed by atoms with Crippen molar-refractivity contribution in [3.8, 4) is 0 Å². The monoisotopic (exact) mass is 460 g/mol. The second kappa shape index (κ2) is 10.8. The van der Waals surface area contributed by atoms with Gasteiger partial charge in [-0.15, -0.1) is 0 Å². The minimum absolute atomic E-state index is 0.0448. The summed E-state index contributed by atoms with van der Waals surface area (Å²) in [7, 11) is 0. The smallest absolute Gasteiger partial charge is 0.246 e. The summed E-state index contributed by atoms with van der Waals surface area (Å²) < 4.78 is 13.1. The number of carbonyl (C=O) groups is 1. The molecule has 8 heteroatoms. The minimum atomic E-state index is -0.231. The van der Waals surface area contributed by atoms with Crippen LogP contribution in [0, 0.1) is 5.82 Å². The van der Waals surface area contributed by atoms with Crippen LogP contribution in [0.1, 0.15) is 18.1 Å². The minimum Gasteiger partial charge on any atom is -0.378 e. The number of hydrogen-bond donors (Lipinski definition) is 1. The molecule has 164 valence electrons. The normalized spacial score (nSPS) is 18.0. The van der Waals surface area contributed by atoms with E-state index < -0.39 is 0 Å². The van der Waals surface area contributed by atoms with Crippen molar-refractivity contribution in [2.75, 3.05) is 25.9 Å². The van der Waals surface area contributed by atoms with Crippen LogP contribution in [-0.4, -0.2) is 52.8 Å². The Hall–Kier alpha value is -2.35. The Morgan fingerprint density at radius 1 is 1.29 bits per heavy atom. The molecule has 2 aromatic carbocycles. The fourth-order valence-electron chi connectivity index (χ4n) is 3.53. The zero-order chi connectivity index (χ0) is 22.4. The predicted molar refractivity (Wildman–Crippen MR) is 128 cm³/mol. The first-order valence-corrected chi connectivity index (χ1v) is 11.6. The maximum atomic E-state index is 13.1. The fraction of sp³-hybridized carbons (Fsp3) is 0.304. The summed E-state index contributed by atoms with van der Waals surface area (Å²) in [5.41, 5.74) is 8.30. The first kappa shape index (κ1) is 23.3. The Balaban J connectivity index is 1.64. The quantitative estimate of drug-likeness (QED) is 0.404. The maximum Gasteiger partial charge on any atom is 0.246 e. The van der Waals surface area contributed by atoms with Gasteiger partial charge in [0.05, 0.1) is 5.69 Å². The molecule has 31 heavy (non-hydrogen) atoms. The van der Waals surface area contributed by atoms with Gasteiger partial charge < -0.3 is 10.6 Å². The summed E-state index contributed by atoms with van der Waals surface area (Å²) in [6, 6.07) is 11.9. The summed E-state index contributed by atoms with van der Waals surface area (Å²) in [5.74, 6) is -0.276. The highest BCUT2D eigenvalue weighted by molar-refractivity contribution is 8.13. The fourth-order valence-corrected chi connectivity index (χ4v) is 3.88. The van der Waals surface area contributed by atoms with Gasteiger partial charge in [-0.1, -0.05) is 41.6 Å². The summed E-state index contributed by atoms with van der Waals surface area (Å²) in [4.78, 5) is 21.3. The van der Waals surface area contributed by atoms with Gasteiger partial charge in [-0.3, -0.25) is 9.69 Å². The molecular formula is C23H26ClFN4OS. The van der Waals surface area contributed by atoms with Gasteiger partial charge in [-0.25, -0.2) is 9.38 Å². The number of hydrogen-bond acceptors (Lipinski definition) is 4. The van der Waals surface area contributed by atoms with Crippen molar-refractivity contribution in [3.63, 3.8) is 0 Å². The van der Waals surface area contributed by atoms with E-state index in [9.17, 15) is 9.18 Å². The summed E-state index contributed by atoms with van der Waals surface area (Å²) in [5, 5.41) is 0.983. The van der Waals surface area contributed by atoms with Gasteiger partial charge in [-0.2, -0.15) is 0 Å². The molecule has 1 saturated heterocycles. The van der Waals surface area contributed by atoms with Crippen LogP contribution in [-0.2, 0) is 11.3 Å². The molecule has 0 aliphatic carbocycles. The number of rotatable bonds is 5. The largest absolute Gasteiger partial charge is 0.378 e. The van der Waals surface area contributed by atoms with Gasteiger partial charge in [0.1, 0.15) is 5.82 Å². The van der Waals surface area contributed by atoms with Crippen LogP contribution in [0.4, 0.5) is 10.1 Å². The topological polar surface area (TPSA) is 61.9 Å². The molecule has 0 aromatic heterocycles. The van der Waals surface area contributed by atoms with E-state index in [-0.39, 0.29) is 17.8 Å². The van der Waals surface area contributed by atoms with Crippen molar-refractivity contribution in [1.82, 2.24) is 9.80 Å². The summed E-state index contributed by atoms with van der Waals surface area (Å²) >= 11 is 7.43. The van der Waals surface area contributed by atoms with E-state index in [0.717, 1.165) is 30.8 Å². The molecule has 5 nitrogen and oxygen atoms in total. The zero-order valence-corrected chi connectivity index (χ0v) is 19.2. The van der Waals surface area contributed by atoms with Crippen LogP contribution in [0.2, 0.25) is 5.02 Å². The second-order valence-corrected chi connectivity index (χ2v) is 8.70. The second-order valence-electron chi connectivity index (χ2n) is 7.43. The number of thioether (sulfide) groups is 1. The molecular weight excluding hydrogens is 435 g/mol. The van der Waals surface area contributed by atoms with E-state index in [1.807, 2.05) is 24.1 Å². The average Bonchev–Trinajstić information content (AvgIpc) is 2.74. The Morgan fingerprint density at radius 2 is 2.03 bits per heavy atom. The van der Waals surface area contributed by atoms with Crippen LogP contribution in [0.25, 0.3) is 6.08 Å². The van der Waals surface area contributed by atoms with Gasteiger partial charge in [0.15, 0.2) is 5.17 Å². The molecule has 1 aliphatic heterocycles. The van der Waals surface area contributed by atoms with E-state index in [4.69, 9.17) is 17.3 Å². The number of benzene rings is 2. The lowest BCUT2D eigenvalue weighted by Gasteiger charge is -2.39. The first-order chi connectivity index (χ1) is 14.9. The molecule has 0 saturated carbocycles. The van der Waals surface area contributed by atoms with Crippen molar-refractivity contribution in [2.45, 2.75) is 19.5 Å². The van der Waals surface area contributed by atoms with Crippen molar-refractivity contribution >= 4 is 46.2 Å². The Kier molecular flexibility index (Phi) is 8.12. The molecule has 1 fully saturated rings. The number of halogens is 2. The van der Waals surface area contributed by atoms with Crippen molar-refractivity contribution in [2.24, 2.45) is 10.7 Å². The Bertz CT molecular complexity index is 980. The van der Waals surface area contributed by atoms with Crippen molar-refractivity contribution in [1.29, 1.82) is 0 Å². The highest BCUT2D eigenvalue weighted by Crippen LogP contribution is 2.26. The van der Waals surface area contributed by atoms with Crippen LogP contribution in [0.5, 0.6) is 0 Å². The van der Waals surface area contributed by atoms with Gasteiger partial charge in [0.25, 0.3) is 0 Å². The van der Waals surface area contributed by atoms with Gasteiger partial charge in [0.2, 0.25) is 5.91 Å². The number of nitrogens with two attached hydrogens (primary N) is 1. The van der Waals surface area contributed by atoms with Gasteiger partial charge >= 0.3 is 0 Å². The molecule has 1 heterocycles. The molecule has 1 atom stereocenters. The number of amidine groups is 1. The Morgan fingerprint density at radius 3 is 2.71 bits per heavy atom. The lowest BCUT2D eigenvalue weighted by atomic mass is 10.1. The predicted octanol–water partition coefficient (Wildman–Crippen LogP) is 4.53. The zero-order valence-electron chi connectivity index (χ0n) is 17.6. The number of aliphatic imine (C=N–C) groups is 1. The highest BCUT2D eigenvalue weighted by Gasteiger charge is 2.26. The average molecular weight is 461 g/mol. The third kappa shape index (κ3) is 6.56. The van der Waals surface area contributed by atoms with E-state index in [1.165, 1.54) is 23.9 Å². The molecule has 3 rings (SSSR count). The first-order valence-electron chi connectivity index (χ1n) is 9.99. The maximum absolute atomic E-state index is 13.1. The molecule has 1 unspecified atom stereocenters. The van der Waals surface area contributed by atoms with Gasteiger partial charge in [0, 0.05) is 48.9 Å². The number of nitrogens with zero attached hydrogens (tertiary/aromatic N) is 3. The molecule has 0 spiro atoms. The summed E-state index contributed by atoms with van der Waals surface area (Å²) in [6.07, 6.45) is 5.17. The van der Waals surface area contributed by atoms with Gasteiger partial charge in [-0.05, 0) is 49.1 Å². The third-order valence-corrected chi connectivity index (χ3v) is 5.90. The molecule has 0 bridgehead atoms. The van der Waals surface area contributed by atoms with Crippen LogP contribution in [0.3, 0.4) is 0 Å². The van der Waals surface area contributed by atoms with Crippen molar-refractivity contribution in [3.05, 3.63) is 70.5 Å². The van der Waals surface area contributed by atoms with E-state index in [0.29, 0.717) is 22.4 Å². The van der Waals surface area contributed by atoms with Crippen LogP contribution < -0.4 is 5.73 Å². The molecule has 1 amide bonds.